The monoisotopic (exact) mass is 405 g/mol. The van der Waals surface area contributed by atoms with E-state index >= 15 is 0 Å². The SMILES string of the molecule is CNC(=O)C(c1ccc2ccc(=O)[nH]c2c1)[C@H](CN1CC[C@H](O)C1)c1ccccc1. The number of β-amino-alcohol motifs (C(OH)–C–C–N with tert-alkyl or cyclic N) is 1. The third-order valence-corrected chi connectivity index (χ3v) is 5.97. The summed E-state index contributed by atoms with van der Waals surface area (Å²) in [7, 11) is 1.65. The third-order valence-electron chi connectivity index (χ3n) is 5.97. The first-order valence-corrected chi connectivity index (χ1v) is 10.3. The van der Waals surface area contributed by atoms with Crippen molar-refractivity contribution < 1.29 is 9.90 Å². The summed E-state index contributed by atoms with van der Waals surface area (Å²) in [6.45, 7) is 2.10. The maximum atomic E-state index is 13.1. The lowest BCUT2D eigenvalue weighted by Crippen LogP contribution is -2.36. The molecule has 1 unspecified atom stereocenters. The van der Waals surface area contributed by atoms with Gasteiger partial charge in [0, 0.05) is 44.2 Å². The fraction of sp³-hybridized carbons (Fsp3) is 0.333. The van der Waals surface area contributed by atoms with E-state index in [2.05, 4.69) is 27.3 Å². The van der Waals surface area contributed by atoms with Crippen molar-refractivity contribution in [3.05, 3.63) is 82.1 Å². The highest BCUT2D eigenvalue weighted by molar-refractivity contribution is 5.87. The molecule has 156 valence electrons. The normalized spacial score (nSPS) is 18.9. The molecule has 0 bridgehead atoms. The van der Waals surface area contributed by atoms with Crippen molar-refractivity contribution in [3.8, 4) is 0 Å². The maximum absolute atomic E-state index is 13.1. The molecule has 2 aromatic carbocycles. The molecule has 3 atom stereocenters. The third kappa shape index (κ3) is 4.30. The molecule has 0 radical (unpaired) electrons. The van der Waals surface area contributed by atoms with Crippen molar-refractivity contribution in [2.45, 2.75) is 24.4 Å². The van der Waals surface area contributed by atoms with Crippen LogP contribution < -0.4 is 10.9 Å². The minimum Gasteiger partial charge on any atom is -0.392 e. The number of hydrogen-bond acceptors (Lipinski definition) is 4. The van der Waals surface area contributed by atoms with E-state index in [1.54, 1.807) is 13.1 Å². The molecule has 1 amide bonds. The molecule has 1 saturated heterocycles. The number of amides is 1. The lowest BCUT2D eigenvalue weighted by Gasteiger charge is -2.30. The largest absolute Gasteiger partial charge is 0.392 e. The molecule has 1 aliphatic heterocycles. The number of fused-ring (bicyclic) bond motifs is 1. The zero-order valence-electron chi connectivity index (χ0n) is 17.0. The molecule has 4 rings (SSSR count). The van der Waals surface area contributed by atoms with E-state index in [9.17, 15) is 14.7 Å². The Kier molecular flexibility index (Phi) is 5.97. The van der Waals surface area contributed by atoms with Gasteiger partial charge < -0.3 is 20.3 Å². The average Bonchev–Trinajstić information content (AvgIpc) is 3.18. The van der Waals surface area contributed by atoms with E-state index in [1.165, 1.54) is 6.07 Å². The minimum absolute atomic E-state index is 0.0683. The standard InChI is InChI=1S/C24H27N3O3/c1-25-24(30)23(18-8-7-17-9-10-22(29)26-21(17)13-18)20(16-5-3-2-4-6-16)15-27-12-11-19(28)14-27/h2-10,13,19-20,23,28H,11-12,14-15H2,1H3,(H,25,30)(H,26,29)/t19-,20+,23?/m0/s1. The van der Waals surface area contributed by atoms with Gasteiger partial charge in [-0.1, -0.05) is 42.5 Å². The number of pyridine rings is 1. The summed E-state index contributed by atoms with van der Waals surface area (Å²) in [5.41, 5.74) is 2.49. The Morgan fingerprint density at radius 3 is 2.63 bits per heavy atom. The molecule has 0 aliphatic carbocycles. The summed E-state index contributed by atoms with van der Waals surface area (Å²) >= 11 is 0. The van der Waals surface area contributed by atoms with Gasteiger partial charge in [0.15, 0.2) is 0 Å². The van der Waals surface area contributed by atoms with Crippen LogP contribution in [0.15, 0.2) is 65.5 Å². The van der Waals surface area contributed by atoms with Crippen molar-refractivity contribution >= 4 is 16.8 Å². The number of nitrogens with one attached hydrogen (secondary N) is 2. The van der Waals surface area contributed by atoms with E-state index in [1.807, 2.05) is 36.4 Å². The molecule has 3 aromatic rings. The Labute approximate surface area is 175 Å². The van der Waals surface area contributed by atoms with Gasteiger partial charge in [-0.25, -0.2) is 0 Å². The second-order valence-corrected chi connectivity index (χ2v) is 7.98. The van der Waals surface area contributed by atoms with Gasteiger partial charge in [-0.2, -0.15) is 0 Å². The Morgan fingerprint density at radius 2 is 1.93 bits per heavy atom. The molecule has 6 nitrogen and oxygen atoms in total. The molecule has 3 N–H and O–H groups in total. The number of hydrogen-bond donors (Lipinski definition) is 3. The molecule has 0 saturated carbocycles. The predicted molar refractivity (Wildman–Crippen MR) is 118 cm³/mol. The number of benzene rings is 2. The molecule has 6 heteroatoms. The number of aliphatic hydroxyl groups is 1. The number of carbonyl (C=O) groups is 1. The first-order valence-electron chi connectivity index (χ1n) is 10.3. The van der Waals surface area contributed by atoms with Gasteiger partial charge in [-0.05, 0) is 35.1 Å². The van der Waals surface area contributed by atoms with Crippen molar-refractivity contribution in [3.63, 3.8) is 0 Å². The van der Waals surface area contributed by atoms with Crippen molar-refractivity contribution in [2.75, 3.05) is 26.7 Å². The quantitative estimate of drug-likeness (QED) is 0.587. The first-order chi connectivity index (χ1) is 14.5. The lowest BCUT2D eigenvalue weighted by molar-refractivity contribution is -0.122. The van der Waals surface area contributed by atoms with E-state index in [4.69, 9.17) is 0 Å². The number of aliphatic hydroxyl groups excluding tert-OH is 1. The van der Waals surface area contributed by atoms with Crippen LogP contribution in [0, 0.1) is 0 Å². The summed E-state index contributed by atoms with van der Waals surface area (Å²) < 4.78 is 0. The van der Waals surface area contributed by atoms with Gasteiger partial charge in [0.05, 0.1) is 12.0 Å². The highest BCUT2D eigenvalue weighted by Crippen LogP contribution is 2.36. The predicted octanol–water partition coefficient (Wildman–Crippen LogP) is 2.21. The number of carbonyl (C=O) groups excluding carboxylic acids is 1. The zero-order valence-corrected chi connectivity index (χ0v) is 17.0. The molecule has 1 fully saturated rings. The first kappa shape index (κ1) is 20.3. The number of likely N-dealkylation sites (tertiary alicyclic amines) is 1. The fourth-order valence-corrected chi connectivity index (χ4v) is 4.44. The summed E-state index contributed by atoms with van der Waals surface area (Å²) in [5, 5.41) is 13.7. The lowest BCUT2D eigenvalue weighted by atomic mass is 9.80. The van der Waals surface area contributed by atoms with Crippen molar-refractivity contribution in [1.82, 2.24) is 15.2 Å². The van der Waals surface area contributed by atoms with Gasteiger partial charge in [-0.15, -0.1) is 0 Å². The van der Waals surface area contributed by atoms with Crippen LogP contribution in [0.1, 0.15) is 29.4 Å². The smallest absolute Gasteiger partial charge is 0.248 e. The zero-order chi connectivity index (χ0) is 21.1. The molecule has 0 spiro atoms. The van der Waals surface area contributed by atoms with Crippen LogP contribution in [0.2, 0.25) is 0 Å². The van der Waals surface area contributed by atoms with Gasteiger partial charge in [0.25, 0.3) is 0 Å². The second-order valence-electron chi connectivity index (χ2n) is 7.98. The topological polar surface area (TPSA) is 85.4 Å². The summed E-state index contributed by atoms with van der Waals surface area (Å²) in [5.74, 6) is -0.589. The van der Waals surface area contributed by atoms with Crippen molar-refractivity contribution in [1.29, 1.82) is 0 Å². The van der Waals surface area contributed by atoms with Crippen LogP contribution in [-0.4, -0.2) is 53.7 Å². The van der Waals surface area contributed by atoms with Crippen LogP contribution in [0.25, 0.3) is 10.9 Å². The van der Waals surface area contributed by atoms with Crippen LogP contribution in [0.3, 0.4) is 0 Å². The van der Waals surface area contributed by atoms with Crippen LogP contribution in [-0.2, 0) is 4.79 Å². The number of rotatable bonds is 6. The molecule has 1 aliphatic rings. The molecular weight excluding hydrogens is 378 g/mol. The molecule has 2 heterocycles. The summed E-state index contributed by atoms with van der Waals surface area (Å²) in [4.78, 5) is 30.0. The number of likely N-dealkylation sites (N-methyl/N-ethyl adjacent to an activating group) is 1. The molecule has 30 heavy (non-hydrogen) atoms. The van der Waals surface area contributed by atoms with Crippen molar-refractivity contribution in [2.24, 2.45) is 0 Å². The van der Waals surface area contributed by atoms with Gasteiger partial charge in [-0.3, -0.25) is 9.59 Å². The van der Waals surface area contributed by atoms with E-state index in [0.29, 0.717) is 13.1 Å². The number of H-pyrrole nitrogens is 1. The molecular formula is C24H27N3O3. The van der Waals surface area contributed by atoms with E-state index in [0.717, 1.165) is 35.0 Å². The summed E-state index contributed by atoms with van der Waals surface area (Å²) in [6.07, 6.45) is 0.439. The highest BCUT2D eigenvalue weighted by atomic mass is 16.3. The minimum atomic E-state index is -0.428. The average molecular weight is 405 g/mol. The number of aromatic amines is 1. The van der Waals surface area contributed by atoms with Crippen LogP contribution in [0.5, 0.6) is 0 Å². The Bertz CT molecular complexity index is 1080. The van der Waals surface area contributed by atoms with Gasteiger partial charge in [0.2, 0.25) is 11.5 Å². The Balaban J connectivity index is 1.78. The Hall–Kier alpha value is -2.96. The number of nitrogens with zero attached hydrogens (tertiary/aromatic N) is 1. The van der Waals surface area contributed by atoms with Gasteiger partial charge in [0.1, 0.15) is 0 Å². The maximum Gasteiger partial charge on any atom is 0.248 e. The highest BCUT2D eigenvalue weighted by Gasteiger charge is 2.34. The van der Waals surface area contributed by atoms with Gasteiger partial charge >= 0.3 is 0 Å². The van der Waals surface area contributed by atoms with E-state index in [-0.39, 0.29) is 23.5 Å². The molecule has 1 aromatic heterocycles. The van der Waals surface area contributed by atoms with E-state index < -0.39 is 5.92 Å². The fourth-order valence-electron chi connectivity index (χ4n) is 4.44. The second kappa shape index (κ2) is 8.81. The Morgan fingerprint density at radius 1 is 1.17 bits per heavy atom. The van der Waals surface area contributed by atoms with Crippen LogP contribution >= 0.6 is 0 Å². The summed E-state index contributed by atoms with van der Waals surface area (Å²) in [6, 6.07) is 19.2. The number of aromatic nitrogens is 1. The van der Waals surface area contributed by atoms with Crippen LogP contribution in [0.4, 0.5) is 0 Å².